The summed E-state index contributed by atoms with van der Waals surface area (Å²) in [6.07, 6.45) is 10.1. The number of urea groups is 1. The zero-order chi connectivity index (χ0) is 34.0. The smallest absolute Gasteiger partial charge is 0.328 e. The predicted molar refractivity (Wildman–Crippen MR) is 199 cm³/mol. The minimum Gasteiger partial charge on any atom is -0.372 e. The molecule has 0 bridgehead atoms. The topological polar surface area (TPSA) is 113 Å². The van der Waals surface area contributed by atoms with Gasteiger partial charge >= 0.3 is 6.03 Å². The van der Waals surface area contributed by atoms with Gasteiger partial charge in [0, 0.05) is 92.3 Å². The van der Waals surface area contributed by atoms with Crippen LogP contribution in [0, 0.1) is 11.8 Å². The lowest BCUT2D eigenvalue weighted by atomic mass is 9.92. The fraction of sp³-hybridized carbons (Fsp3) is 0.474. The van der Waals surface area contributed by atoms with Crippen LogP contribution in [0.15, 0.2) is 60.9 Å². The van der Waals surface area contributed by atoms with Crippen LogP contribution in [0.5, 0.6) is 0 Å². The number of anilines is 3. The Hall–Kier alpha value is -4.19. The summed E-state index contributed by atoms with van der Waals surface area (Å²) in [6.45, 7) is 9.47. The molecule has 4 aliphatic rings. The van der Waals surface area contributed by atoms with E-state index in [1.54, 1.807) is 11.1 Å². The Kier molecular flexibility index (Phi) is 9.62. The first kappa shape index (κ1) is 33.0. The summed E-state index contributed by atoms with van der Waals surface area (Å²) >= 11 is 6.56. The fourth-order valence-electron chi connectivity index (χ4n) is 8.30. The first-order valence-electron chi connectivity index (χ1n) is 18.2. The highest BCUT2D eigenvalue weighted by Crippen LogP contribution is 2.33. The van der Waals surface area contributed by atoms with Crippen LogP contribution in [-0.4, -0.2) is 102 Å². The van der Waals surface area contributed by atoms with Crippen molar-refractivity contribution in [2.24, 2.45) is 11.8 Å². The van der Waals surface area contributed by atoms with Gasteiger partial charge in [0.15, 0.2) is 0 Å². The van der Waals surface area contributed by atoms with E-state index in [1.807, 2.05) is 30.5 Å². The molecule has 0 spiro atoms. The molecule has 4 aromatic rings. The number of nitrogens with one attached hydrogen (secondary N) is 3. The van der Waals surface area contributed by atoms with Crippen LogP contribution in [0.25, 0.3) is 22.2 Å². The standard InChI is InChI=1S/C38H46ClN9O2/c39-33-22-41-37(44-36(33)32-21-40-34-4-2-1-3-31(32)34)42-28-13-17-46(25-28)24-26-9-15-45(16-10-26)23-27-11-18-47(19-12-27)29-5-7-30(8-6-29)48-20-14-35(49)43-38(48)50/h1-8,21-22,26-28,40H,9-20,23-25H2,(H,41,42,44)(H,43,49,50)/t28-/m1/s1. The van der Waals surface area contributed by atoms with Crippen molar-refractivity contribution in [1.29, 1.82) is 0 Å². The van der Waals surface area contributed by atoms with Crippen molar-refractivity contribution < 1.29 is 9.59 Å². The Balaban J connectivity index is 0.756. The number of nitrogens with zero attached hydrogens (tertiary/aromatic N) is 6. The highest BCUT2D eigenvalue weighted by atomic mass is 35.5. The Morgan fingerprint density at radius 3 is 2.30 bits per heavy atom. The van der Waals surface area contributed by atoms with E-state index in [0.29, 0.717) is 30.0 Å². The summed E-state index contributed by atoms with van der Waals surface area (Å²) in [5.74, 6) is 1.94. The average Bonchev–Trinajstić information content (AvgIpc) is 3.77. The predicted octanol–water partition coefficient (Wildman–Crippen LogP) is 5.84. The van der Waals surface area contributed by atoms with Gasteiger partial charge in [-0.3, -0.25) is 15.0 Å². The van der Waals surface area contributed by atoms with Gasteiger partial charge in [-0.05, 0) is 87.4 Å². The number of carbonyl (C=O) groups is 2. The Bertz CT molecular complexity index is 1810. The molecule has 50 heavy (non-hydrogen) atoms. The normalized spacial score (nSPS) is 21.7. The third-order valence-corrected chi connectivity index (χ3v) is 11.4. The maximum Gasteiger partial charge on any atom is 0.328 e. The number of carbonyl (C=O) groups excluding carboxylic acids is 2. The average molecular weight is 696 g/mol. The van der Waals surface area contributed by atoms with Crippen molar-refractivity contribution >= 4 is 51.8 Å². The molecule has 0 saturated carbocycles. The van der Waals surface area contributed by atoms with Crippen molar-refractivity contribution in [1.82, 2.24) is 30.1 Å². The number of piperidine rings is 2. The molecule has 2 aromatic heterocycles. The van der Waals surface area contributed by atoms with Gasteiger partial charge in [0.2, 0.25) is 11.9 Å². The summed E-state index contributed by atoms with van der Waals surface area (Å²) in [5, 5.41) is 7.66. The zero-order valence-electron chi connectivity index (χ0n) is 28.5. The molecule has 4 aliphatic heterocycles. The largest absolute Gasteiger partial charge is 0.372 e. The third-order valence-electron chi connectivity index (χ3n) is 11.1. The van der Waals surface area contributed by atoms with Crippen LogP contribution >= 0.6 is 11.6 Å². The number of H-pyrrole nitrogens is 1. The van der Waals surface area contributed by atoms with Gasteiger partial charge in [0.1, 0.15) is 0 Å². The van der Waals surface area contributed by atoms with E-state index in [4.69, 9.17) is 16.6 Å². The van der Waals surface area contributed by atoms with E-state index in [-0.39, 0.29) is 11.9 Å². The highest BCUT2D eigenvalue weighted by Gasteiger charge is 2.30. The number of halogens is 1. The molecule has 3 amide bonds. The molecule has 4 saturated heterocycles. The van der Waals surface area contributed by atoms with E-state index in [1.165, 1.54) is 57.5 Å². The molecule has 262 valence electrons. The number of aromatic nitrogens is 3. The zero-order valence-corrected chi connectivity index (χ0v) is 29.2. The Morgan fingerprint density at radius 1 is 0.820 bits per heavy atom. The minimum absolute atomic E-state index is 0.205. The van der Waals surface area contributed by atoms with Gasteiger partial charge in [-0.15, -0.1) is 0 Å². The lowest BCUT2D eigenvalue weighted by molar-refractivity contribution is -0.120. The summed E-state index contributed by atoms with van der Waals surface area (Å²) in [4.78, 5) is 45.8. The Labute approximate surface area is 298 Å². The van der Waals surface area contributed by atoms with Crippen molar-refractivity contribution in [3.05, 3.63) is 65.9 Å². The summed E-state index contributed by atoms with van der Waals surface area (Å²) in [5.41, 5.74) is 4.86. The van der Waals surface area contributed by atoms with E-state index in [9.17, 15) is 9.59 Å². The number of para-hydroxylation sites is 1. The number of rotatable bonds is 9. The monoisotopic (exact) mass is 695 g/mol. The van der Waals surface area contributed by atoms with Crippen molar-refractivity contribution in [3.63, 3.8) is 0 Å². The summed E-state index contributed by atoms with van der Waals surface area (Å²) in [7, 11) is 0. The van der Waals surface area contributed by atoms with E-state index in [2.05, 4.69) is 59.6 Å². The number of hydrogen-bond donors (Lipinski definition) is 3. The first-order valence-corrected chi connectivity index (χ1v) is 18.6. The first-order chi connectivity index (χ1) is 24.4. The third kappa shape index (κ3) is 7.31. The van der Waals surface area contributed by atoms with Gasteiger partial charge in [-0.1, -0.05) is 29.8 Å². The lowest BCUT2D eigenvalue weighted by Crippen LogP contribution is -2.49. The number of benzene rings is 2. The number of imide groups is 1. The molecule has 8 rings (SSSR count). The Morgan fingerprint density at radius 2 is 1.52 bits per heavy atom. The van der Waals surface area contributed by atoms with Crippen LogP contribution < -0.4 is 20.4 Å². The number of fused-ring (bicyclic) bond motifs is 1. The number of aromatic amines is 1. The van der Waals surface area contributed by atoms with Crippen LogP contribution in [0.3, 0.4) is 0 Å². The summed E-state index contributed by atoms with van der Waals surface area (Å²) in [6, 6.07) is 16.4. The quantitative estimate of drug-likeness (QED) is 0.200. The van der Waals surface area contributed by atoms with Crippen LogP contribution in [0.2, 0.25) is 5.02 Å². The maximum absolute atomic E-state index is 12.2. The molecule has 11 nitrogen and oxygen atoms in total. The molecular weight excluding hydrogens is 650 g/mol. The van der Waals surface area contributed by atoms with Gasteiger partial charge in [-0.2, -0.15) is 0 Å². The summed E-state index contributed by atoms with van der Waals surface area (Å²) < 4.78 is 0. The van der Waals surface area contributed by atoms with Crippen LogP contribution in [-0.2, 0) is 4.79 Å². The molecule has 6 heterocycles. The lowest BCUT2D eigenvalue weighted by Gasteiger charge is -2.39. The second-order valence-corrected chi connectivity index (χ2v) is 14.9. The van der Waals surface area contributed by atoms with Gasteiger partial charge < -0.3 is 25.0 Å². The number of likely N-dealkylation sites (tertiary alicyclic amines) is 2. The number of amides is 3. The molecule has 0 unspecified atom stereocenters. The molecule has 1 atom stereocenters. The second-order valence-electron chi connectivity index (χ2n) is 14.5. The van der Waals surface area contributed by atoms with Crippen LogP contribution in [0.1, 0.15) is 38.5 Å². The molecule has 12 heteroatoms. The molecule has 2 aromatic carbocycles. The van der Waals surface area contributed by atoms with E-state index >= 15 is 0 Å². The second kappa shape index (κ2) is 14.6. The molecule has 4 fully saturated rings. The highest BCUT2D eigenvalue weighted by molar-refractivity contribution is 6.33. The van der Waals surface area contributed by atoms with Crippen LogP contribution in [0.4, 0.5) is 22.1 Å². The molecule has 0 aliphatic carbocycles. The SMILES string of the molecule is O=C1CCN(c2ccc(N3CCC(CN4CCC(CN5CC[C@@H](Nc6ncc(Cl)c(-c7c[nH]c8ccccc78)n6)C5)CC4)CC3)cc2)C(=O)N1. The van der Waals surface area contributed by atoms with Gasteiger partial charge in [-0.25, -0.2) is 14.8 Å². The van der Waals surface area contributed by atoms with Gasteiger partial charge in [0.25, 0.3) is 0 Å². The van der Waals surface area contributed by atoms with Crippen molar-refractivity contribution in [2.75, 3.05) is 74.0 Å². The molecule has 0 radical (unpaired) electrons. The van der Waals surface area contributed by atoms with Crippen molar-refractivity contribution in [2.45, 2.75) is 44.6 Å². The van der Waals surface area contributed by atoms with E-state index in [0.717, 1.165) is 72.3 Å². The number of hydrogen-bond acceptors (Lipinski definition) is 8. The fourth-order valence-corrected chi connectivity index (χ4v) is 8.49. The van der Waals surface area contributed by atoms with E-state index < -0.39 is 0 Å². The molecular formula is C38H46ClN9O2. The maximum atomic E-state index is 12.2. The minimum atomic E-state index is -0.335. The van der Waals surface area contributed by atoms with Gasteiger partial charge in [0.05, 0.1) is 16.9 Å². The molecule has 3 N–H and O–H groups in total. The van der Waals surface area contributed by atoms with Crippen molar-refractivity contribution in [3.8, 4) is 11.3 Å².